The maximum Gasteiger partial charge on any atom is 0.259 e. The van der Waals surface area contributed by atoms with Gasteiger partial charge in [-0.2, -0.15) is 0 Å². The van der Waals surface area contributed by atoms with Gasteiger partial charge in [-0.15, -0.1) is 0 Å². The van der Waals surface area contributed by atoms with Gasteiger partial charge in [0.25, 0.3) is 5.91 Å². The van der Waals surface area contributed by atoms with E-state index in [1.54, 1.807) is 20.2 Å². The van der Waals surface area contributed by atoms with Crippen molar-refractivity contribution >= 4 is 11.7 Å². The molecule has 0 radical (unpaired) electrons. The van der Waals surface area contributed by atoms with Crippen molar-refractivity contribution in [1.82, 2.24) is 29.6 Å². The number of amides is 1. The van der Waals surface area contributed by atoms with E-state index in [-0.39, 0.29) is 5.91 Å². The van der Waals surface area contributed by atoms with Gasteiger partial charge in [-0.1, -0.05) is 5.16 Å². The van der Waals surface area contributed by atoms with Crippen LogP contribution in [0.25, 0.3) is 5.82 Å². The maximum atomic E-state index is 12.9. The zero-order valence-corrected chi connectivity index (χ0v) is 17.4. The standard InChI is InChI=1S/C20H25N7O2/c1-12-14(3)27(11-21-12)18-10-17(22-16(5)23-18)25-6-8-26(9-7-25)20(28)19-13(2)24-29-15(19)4/h10-11H,6-9H2,1-5H3. The maximum absolute atomic E-state index is 12.9. The summed E-state index contributed by atoms with van der Waals surface area (Å²) in [6.07, 6.45) is 1.79. The highest BCUT2D eigenvalue weighted by Gasteiger charge is 2.27. The summed E-state index contributed by atoms with van der Waals surface area (Å²) in [6, 6.07) is 1.98. The van der Waals surface area contributed by atoms with Gasteiger partial charge in [0.2, 0.25) is 0 Å². The van der Waals surface area contributed by atoms with E-state index in [1.807, 2.05) is 36.3 Å². The van der Waals surface area contributed by atoms with Crippen LogP contribution in [0.2, 0.25) is 0 Å². The molecule has 1 aliphatic rings. The van der Waals surface area contributed by atoms with Crippen LogP contribution >= 0.6 is 0 Å². The van der Waals surface area contributed by atoms with Gasteiger partial charge in [0.05, 0.1) is 11.4 Å². The fourth-order valence-corrected chi connectivity index (χ4v) is 3.64. The van der Waals surface area contributed by atoms with Gasteiger partial charge in [0.15, 0.2) is 0 Å². The highest BCUT2D eigenvalue weighted by molar-refractivity contribution is 5.96. The normalized spacial score (nSPS) is 14.5. The van der Waals surface area contributed by atoms with E-state index >= 15 is 0 Å². The van der Waals surface area contributed by atoms with Crippen molar-refractivity contribution in [3.63, 3.8) is 0 Å². The number of nitrogens with zero attached hydrogens (tertiary/aromatic N) is 7. The van der Waals surface area contributed by atoms with Crippen molar-refractivity contribution in [2.75, 3.05) is 31.1 Å². The van der Waals surface area contributed by atoms with E-state index in [2.05, 4.69) is 25.0 Å². The number of piperazine rings is 1. The number of hydrogen-bond donors (Lipinski definition) is 0. The Morgan fingerprint density at radius 3 is 2.24 bits per heavy atom. The molecule has 0 bridgehead atoms. The Labute approximate surface area is 169 Å². The number of imidazole rings is 1. The molecule has 1 aliphatic heterocycles. The first-order chi connectivity index (χ1) is 13.8. The summed E-state index contributed by atoms with van der Waals surface area (Å²) in [4.78, 5) is 30.4. The molecule has 0 spiro atoms. The molecule has 1 amide bonds. The Hall–Kier alpha value is -3.23. The fourth-order valence-electron chi connectivity index (χ4n) is 3.64. The molecule has 29 heavy (non-hydrogen) atoms. The van der Waals surface area contributed by atoms with Gasteiger partial charge < -0.3 is 14.3 Å². The average Bonchev–Trinajstić information content (AvgIpc) is 3.22. The molecule has 9 heteroatoms. The summed E-state index contributed by atoms with van der Waals surface area (Å²) in [6.45, 7) is 12.1. The van der Waals surface area contributed by atoms with E-state index in [9.17, 15) is 4.79 Å². The second-order valence-corrected chi connectivity index (χ2v) is 7.40. The van der Waals surface area contributed by atoms with Crippen molar-refractivity contribution in [1.29, 1.82) is 0 Å². The minimum absolute atomic E-state index is 0.0232. The van der Waals surface area contributed by atoms with Crippen LogP contribution in [0.3, 0.4) is 0 Å². The quantitative estimate of drug-likeness (QED) is 0.671. The fraction of sp³-hybridized carbons (Fsp3) is 0.450. The third-order valence-corrected chi connectivity index (χ3v) is 5.45. The SMILES string of the molecule is Cc1nc(N2CCN(C(=O)c3c(C)noc3C)CC2)cc(-n2cnc(C)c2C)n1. The van der Waals surface area contributed by atoms with Crippen molar-refractivity contribution in [2.24, 2.45) is 0 Å². The van der Waals surface area contributed by atoms with Gasteiger partial charge in [-0.3, -0.25) is 9.36 Å². The average molecular weight is 395 g/mol. The van der Waals surface area contributed by atoms with Crippen LogP contribution < -0.4 is 4.90 Å². The topological polar surface area (TPSA) is 93.2 Å². The van der Waals surface area contributed by atoms with E-state index in [4.69, 9.17) is 4.52 Å². The number of rotatable bonds is 3. The van der Waals surface area contributed by atoms with Crippen LogP contribution in [0.4, 0.5) is 5.82 Å². The second kappa shape index (κ2) is 7.31. The molecule has 0 aliphatic carbocycles. The molecule has 0 aromatic carbocycles. The Morgan fingerprint density at radius 1 is 0.966 bits per heavy atom. The van der Waals surface area contributed by atoms with Gasteiger partial charge in [0.1, 0.15) is 35.1 Å². The lowest BCUT2D eigenvalue weighted by Crippen LogP contribution is -2.49. The molecule has 0 N–H and O–H groups in total. The van der Waals surface area contributed by atoms with Crippen molar-refractivity contribution in [3.05, 3.63) is 46.6 Å². The molecule has 1 saturated heterocycles. The summed E-state index contributed by atoms with van der Waals surface area (Å²) >= 11 is 0. The molecular weight excluding hydrogens is 370 g/mol. The molecule has 0 saturated carbocycles. The minimum atomic E-state index is -0.0232. The summed E-state index contributed by atoms with van der Waals surface area (Å²) in [7, 11) is 0. The molecule has 3 aromatic rings. The van der Waals surface area contributed by atoms with Crippen molar-refractivity contribution < 1.29 is 9.32 Å². The number of carbonyl (C=O) groups excluding carboxylic acids is 1. The predicted molar refractivity (Wildman–Crippen MR) is 107 cm³/mol. The van der Waals surface area contributed by atoms with Gasteiger partial charge in [-0.05, 0) is 34.6 Å². The Kier molecular flexibility index (Phi) is 4.81. The Morgan fingerprint density at radius 2 is 1.66 bits per heavy atom. The van der Waals surface area contributed by atoms with Crippen LogP contribution in [0.1, 0.15) is 39.0 Å². The van der Waals surface area contributed by atoms with Gasteiger partial charge >= 0.3 is 0 Å². The Bertz CT molecular complexity index is 1040. The third kappa shape index (κ3) is 3.48. The first-order valence-electron chi connectivity index (χ1n) is 9.69. The number of aromatic nitrogens is 5. The predicted octanol–water partition coefficient (Wildman–Crippen LogP) is 2.15. The molecule has 4 rings (SSSR count). The molecule has 0 unspecified atom stereocenters. The van der Waals surface area contributed by atoms with Gasteiger partial charge in [-0.25, -0.2) is 15.0 Å². The first kappa shape index (κ1) is 19.1. The third-order valence-electron chi connectivity index (χ3n) is 5.45. The number of hydrogen-bond acceptors (Lipinski definition) is 7. The summed E-state index contributed by atoms with van der Waals surface area (Å²) in [5.74, 6) is 2.92. The van der Waals surface area contributed by atoms with E-state index in [1.165, 1.54) is 0 Å². The van der Waals surface area contributed by atoms with Crippen molar-refractivity contribution in [3.8, 4) is 5.82 Å². The lowest BCUT2D eigenvalue weighted by molar-refractivity contribution is 0.0744. The summed E-state index contributed by atoms with van der Waals surface area (Å²) in [5.41, 5.74) is 3.25. The number of aryl methyl sites for hydroxylation is 4. The van der Waals surface area contributed by atoms with Crippen LogP contribution in [-0.4, -0.2) is 61.7 Å². The molecule has 4 heterocycles. The molecule has 0 atom stereocenters. The molecular formula is C20H25N7O2. The highest BCUT2D eigenvalue weighted by atomic mass is 16.5. The molecule has 9 nitrogen and oxygen atoms in total. The second-order valence-electron chi connectivity index (χ2n) is 7.40. The zero-order valence-electron chi connectivity index (χ0n) is 17.4. The molecule has 152 valence electrons. The summed E-state index contributed by atoms with van der Waals surface area (Å²) < 4.78 is 7.12. The highest BCUT2D eigenvalue weighted by Crippen LogP contribution is 2.21. The lowest BCUT2D eigenvalue weighted by Gasteiger charge is -2.35. The molecule has 1 fully saturated rings. The number of carbonyl (C=O) groups is 1. The molecule has 3 aromatic heterocycles. The Balaban J connectivity index is 1.52. The van der Waals surface area contributed by atoms with Crippen LogP contribution in [0.5, 0.6) is 0 Å². The largest absolute Gasteiger partial charge is 0.361 e. The zero-order chi connectivity index (χ0) is 20.7. The minimum Gasteiger partial charge on any atom is -0.361 e. The van der Waals surface area contributed by atoms with Gasteiger partial charge in [0, 0.05) is 37.9 Å². The lowest BCUT2D eigenvalue weighted by atomic mass is 10.1. The van der Waals surface area contributed by atoms with Crippen LogP contribution in [0, 0.1) is 34.6 Å². The van der Waals surface area contributed by atoms with E-state index in [0.717, 1.165) is 23.0 Å². The van der Waals surface area contributed by atoms with Crippen molar-refractivity contribution in [2.45, 2.75) is 34.6 Å². The van der Waals surface area contributed by atoms with E-state index in [0.29, 0.717) is 49.0 Å². The first-order valence-corrected chi connectivity index (χ1v) is 9.69. The smallest absolute Gasteiger partial charge is 0.259 e. The van der Waals surface area contributed by atoms with E-state index < -0.39 is 0 Å². The summed E-state index contributed by atoms with van der Waals surface area (Å²) in [5, 5.41) is 3.89. The van der Waals surface area contributed by atoms with Crippen LogP contribution in [-0.2, 0) is 0 Å². The number of anilines is 1. The van der Waals surface area contributed by atoms with Crippen LogP contribution in [0.15, 0.2) is 16.9 Å². The monoisotopic (exact) mass is 395 g/mol.